The second-order valence-electron chi connectivity index (χ2n) is 5.60. The van der Waals surface area contributed by atoms with Crippen LogP contribution in [0.2, 0.25) is 0 Å². The first kappa shape index (κ1) is 15.9. The number of aliphatic hydroxyl groups excluding tert-OH is 2. The first-order valence-corrected chi connectivity index (χ1v) is 7.92. The second-order valence-corrected chi connectivity index (χ2v) is 5.60. The summed E-state index contributed by atoms with van der Waals surface area (Å²) in [6, 6.07) is 7.75. The highest BCUT2D eigenvalue weighted by atomic mass is 16.3. The van der Waals surface area contributed by atoms with Gasteiger partial charge in [-0.05, 0) is 5.56 Å². The number of benzene rings is 1. The van der Waals surface area contributed by atoms with Gasteiger partial charge in [-0.2, -0.15) is 0 Å². The fourth-order valence-electron chi connectivity index (χ4n) is 2.97. The van der Waals surface area contributed by atoms with Crippen LogP contribution in [0.15, 0.2) is 36.7 Å². The number of hydrogen-bond acceptors (Lipinski definition) is 6. The van der Waals surface area contributed by atoms with Crippen LogP contribution in [0, 0.1) is 0 Å². The van der Waals surface area contributed by atoms with E-state index in [1.165, 1.54) is 0 Å². The standard InChI is InChI=1S/C17H22N4O2/c22-12-11-20-7-9-21(10-8-20)17-16(18-5-6-19-17)15-4-2-1-3-14(15)13-23/h1-6,22-23H,7-13H2. The Kier molecular flexibility index (Phi) is 5.17. The number of aliphatic hydroxyl groups is 2. The molecule has 0 radical (unpaired) electrons. The molecule has 122 valence electrons. The van der Waals surface area contributed by atoms with Crippen LogP contribution in [-0.4, -0.2) is 64.4 Å². The van der Waals surface area contributed by atoms with Crippen molar-refractivity contribution in [2.45, 2.75) is 6.61 Å². The molecule has 1 saturated heterocycles. The maximum Gasteiger partial charge on any atom is 0.155 e. The van der Waals surface area contributed by atoms with Crippen molar-refractivity contribution < 1.29 is 10.2 Å². The number of anilines is 1. The van der Waals surface area contributed by atoms with Crippen molar-refractivity contribution in [2.75, 3.05) is 44.2 Å². The third-order valence-corrected chi connectivity index (χ3v) is 4.21. The highest BCUT2D eigenvalue weighted by molar-refractivity contribution is 5.74. The minimum atomic E-state index is -0.0174. The molecule has 1 aliphatic heterocycles. The lowest BCUT2D eigenvalue weighted by atomic mass is 10.0. The third kappa shape index (κ3) is 3.50. The zero-order chi connectivity index (χ0) is 16.1. The summed E-state index contributed by atoms with van der Waals surface area (Å²) in [4.78, 5) is 13.5. The first-order valence-electron chi connectivity index (χ1n) is 7.92. The van der Waals surface area contributed by atoms with E-state index in [2.05, 4.69) is 19.8 Å². The predicted octanol–water partition coefficient (Wildman–Crippen LogP) is 0.750. The monoisotopic (exact) mass is 314 g/mol. The van der Waals surface area contributed by atoms with E-state index < -0.39 is 0 Å². The molecule has 0 spiro atoms. The van der Waals surface area contributed by atoms with Crippen molar-refractivity contribution in [3.63, 3.8) is 0 Å². The Labute approximate surface area is 136 Å². The molecule has 2 N–H and O–H groups in total. The third-order valence-electron chi connectivity index (χ3n) is 4.21. The average molecular weight is 314 g/mol. The van der Waals surface area contributed by atoms with Gasteiger partial charge in [-0.3, -0.25) is 9.88 Å². The fourth-order valence-corrected chi connectivity index (χ4v) is 2.97. The van der Waals surface area contributed by atoms with E-state index in [9.17, 15) is 5.11 Å². The summed E-state index contributed by atoms with van der Waals surface area (Å²) in [5.41, 5.74) is 2.59. The van der Waals surface area contributed by atoms with Crippen molar-refractivity contribution >= 4 is 5.82 Å². The number of nitrogens with zero attached hydrogens (tertiary/aromatic N) is 4. The van der Waals surface area contributed by atoms with Gasteiger partial charge in [0.1, 0.15) is 5.69 Å². The Morgan fingerprint density at radius 1 is 0.957 bits per heavy atom. The quantitative estimate of drug-likeness (QED) is 0.848. The molecule has 1 fully saturated rings. The molecule has 1 aliphatic rings. The lowest BCUT2D eigenvalue weighted by Crippen LogP contribution is -2.47. The zero-order valence-electron chi connectivity index (χ0n) is 13.1. The lowest BCUT2D eigenvalue weighted by Gasteiger charge is -2.35. The van der Waals surface area contributed by atoms with Gasteiger partial charge in [-0.1, -0.05) is 24.3 Å². The number of piperazine rings is 1. The first-order chi connectivity index (χ1) is 11.3. The Balaban J connectivity index is 1.87. The summed E-state index contributed by atoms with van der Waals surface area (Å²) >= 11 is 0. The van der Waals surface area contributed by atoms with E-state index >= 15 is 0 Å². The van der Waals surface area contributed by atoms with Gasteiger partial charge in [0.15, 0.2) is 5.82 Å². The van der Waals surface area contributed by atoms with Crippen LogP contribution >= 0.6 is 0 Å². The van der Waals surface area contributed by atoms with E-state index in [0.717, 1.165) is 48.8 Å². The molecule has 0 aliphatic carbocycles. The molecule has 1 aromatic carbocycles. The predicted molar refractivity (Wildman–Crippen MR) is 89.1 cm³/mol. The van der Waals surface area contributed by atoms with Gasteiger partial charge in [0.2, 0.25) is 0 Å². The van der Waals surface area contributed by atoms with Crippen LogP contribution in [0.1, 0.15) is 5.56 Å². The highest BCUT2D eigenvalue weighted by Crippen LogP contribution is 2.29. The van der Waals surface area contributed by atoms with Gasteiger partial charge < -0.3 is 15.1 Å². The summed E-state index contributed by atoms with van der Waals surface area (Å²) in [5.74, 6) is 0.858. The lowest BCUT2D eigenvalue weighted by molar-refractivity contribution is 0.188. The van der Waals surface area contributed by atoms with E-state index in [1.54, 1.807) is 12.4 Å². The molecule has 0 bridgehead atoms. The molecular weight excluding hydrogens is 292 g/mol. The summed E-state index contributed by atoms with van der Waals surface area (Å²) in [6.45, 7) is 4.40. The van der Waals surface area contributed by atoms with Crippen LogP contribution in [0.3, 0.4) is 0 Å². The number of aromatic nitrogens is 2. The van der Waals surface area contributed by atoms with E-state index in [1.807, 2.05) is 24.3 Å². The molecule has 23 heavy (non-hydrogen) atoms. The number of hydrogen-bond donors (Lipinski definition) is 2. The van der Waals surface area contributed by atoms with Crippen molar-refractivity contribution in [1.29, 1.82) is 0 Å². The molecule has 0 unspecified atom stereocenters. The molecule has 1 aromatic heterocycles. The SMILES string of the molecule is OCCN1CCN(c2nccnc2-c2ccccc2CO)CC1. The average Bonchev–Trinajstić information content (AvgIpc) is 2.63. The highest BCUT2D eigenvalue weighted by Gasteiger charge is 2.21. The molecule has 6 nitrogen and oxygen atoms in total. The summed E-state index contributed by atoms with van der Waals surface area (Å²) in [5, 5.41) is 18.6. The van der Waals surface area contributed by atoms with Gasteiger partial charge in [0, 0.05) is 50.7 Å². The number of β-amino-alcohol motifs (C(OH)–C–C–N with tert-alkyl or cyclic N) is 1. The maximum absolute atomic E-state index is 9.58. The Morgan fingerprint density at radius 2 is 1.70 bits per heavy atom. The van der Waals surface area contributed by atoms with Crippen LogP contribution in [0.25, 0.3) is 11.3 Å². The van der Waals surface area contributed by atoms with Crippen LogP contribution in [0.5, 0.6) is 0 Å². The van der Waals surface area contributed by atoms with Gasteiger partial charge in [-0.15, -0.1) is 0 Å². The van der Waals surface area contributed by atoms with Crippen LogP contribution in [0.4, 0.5) is 5.82 Å². The van der Waals surface area contributed by atoms with E-state index in [-0.39, 0.29) is 13.2 Å². The Morgan fingerprint density at radius 3 is 2.43 bits per heavy atom. The van der Waals surface area contributed by atoms with Gasteiger partial charge in [0.05, 0.1) is 13.2 Å². The van der Waals surface area contributed by atoms with E-state index in [4.69, 9.17) is 5.11 Å². The largest absolute Gasteiger partial charge is 0.395 e. The zero-order valence-corrected chi connectivity index (χ0v) is 13.1. The topological polar surface area (TPSA) is 72.7 Å². The molecule has 0 saturated carbocycles. The molecule has 2 aromatic rings. The normalized spacial score (nSPS) is 15.8. The molecule has 6 heteroatoms. The van der Waals surface area contributed by atoms with Gasteiger partial charge in [0.25, 0.3) is 0 Å². The van der Waals surface area contributed by atoms with E-state index in [0.29, 0.717) is 6.54 Å². The van der Waals surface area contributed by atoms with Crippen molar-refractivity contribution in [1.82, 2.24) is 14.9 Å². The molecule has 0 amide bonds. The Bertz CT molecular complexity index is 642. The van der Waals surface area contributed by atoms with Gasteiger partial charge >= 0.3 is 0 Å². The summed E-state index contributed by atoms with van der Waals surface area (Å²) < 4.78 is 0. The second kappa shape index (κ2) is 7.50. The minimum Gasteiger partial charge on any atom is -0.395 e. The molecule has 3 rings (SSSR count). The smallest absolute Gasteiger partial charge is 0.155 e. The number of rotatable bonds is 5. The summed E-state index contributed by atoms with van der Waals surface area (Å²) in [6.07, 6.45) is 3.40. The van der Waals surface area contributed by atoms with Gasteiger partial charge in [-0.25, -0.2) is 4.98 Å². The minimum absolute atomic E-state index is 0.0174. The molecular formula is C17H22N4O2. The van der Waals surface area contributed by atoms with Crippen molar-refractivity contribution in [2.24, 2.45) is 0 Å². The fraction of sp³-hybridized carbons (Fsp3) is 0.412. The van der Waals surface area contributed by atoms with Crippen molar-refractivity contribution in [3.8, 4) is 11.3 Å². The maximum atomic E-state index is 9.58. The molecule has 0 atom stereocenters. The van der Waals surface area contributed by atoms with Crippen LogP contribution < -0.4 is 4.90 Å². The van der Waals surface area contributed by atoms with Crippen LogP contribution in [-0.2, 0) is 6.61 Å². The molecule has 2 heterocycles. The Hall–Kier alpha value is -2.02. The van der Waals surface area contributed by atoms with Crippen molar-refractivity contribution in [3.05, 3.63) is 42.2 Å². The summed E-state index contributed by atoms with van der Waals surface area (Å²) in [7, 11) is 0.